The second kappa shape index (κ2) is 7.68. The molecule has 1 aromatic carbocycles. The van der Waals surface area contributed by atoms with Crippen molar-refractivity contribution in [3.8, 4) is 5.75 Å². The summed E-state index contributed by atoms with van der Waals surface area (Å²) in [5.74, 6) is 3.01. The Morgan fingerprint density at radius 3 is 2.91 bits per heavy atom. The normalized spacial score (nSPS) is 15.9. The largest absolute Gasteiger partial charge is 0.493 e. The molecule has 0 amide bonds. The zero-order chi connectivity index (χ0) is 15.2. The van der Waals surface area contributed by atoms with Gasteiger partial charge in [-0.2, -0.15) is 0 Å². The fraction of sp³-hybridized carbons (Fsp3) is 0.529. The molecule has 5 heteroatoms. The van der Waals surface area contributed by atoms with Crippen LogP contribution in [-0.2, 0) is 0 Å². The number of rotatable bonds is 6. The van der Waals surface area contributed by atoms with E-state index in [1.54, 1.807) is 11.8 Å². The molecule has 0 N–H and O–H groups in total. The molecule has 1 aromatic heterocycles. The van der Waals surface area contributed by atoms with Crippen molar-refractivity contribution in [2.45, 2.75) is 50.2 Å². The first-order valence-corrected chi connectivity index (χ1v) is 8.95. The van der Waals surface area contributed by atoms with Crippen molar-refractivity contribution in [2.75, 3.05) is 12.4 Å². The van der Waals surface area contributed by atoms with Crippen LogP contribution in [0, 0.1) is 6.92 Å². The van der Waals surface area contributed by atoms with Crippen LogP contribution in [-0.4, -0.2) is 22.6 Å². The lowest BCUT2D eigenvalue weighted by molar-refractivity contribution is 0.331. The molecule has 1 saturated carbocycles. The highest BCUT2D eigenvalue weighted by atomic mass is 32.2. The average Bonchev–Trinajstić information content (AvgIpc) is 3.01. The van der Waals surface area contributed by atoms with Gasteiger partial charge in [0.1, 0.15) is 5.75 Å². The van der Waals surface area contributed by atoms with Crippen molar-refractivity contribution in [3.05, 3.63) is 35.7 Å². The van der Waals surface area contributed by atoms with E-state index < -0.39 is 0 Å². The third kappa shape index (κ3) is 4.26. The van der Waals surface area contributed by atoms with Crippen LogP contribution in [0.25, 0.3) is 0 Å². The van der Waals surface area contributed by atoms with E-state index in [9.17, 15) is 0 Å². The zero-order valence-electron chi connectivity index (χ0n) is 13.0. The predicted octanol–water partition coefficient (Wildman–Crippen LogP) is 4.60. The van der Waals surface area contributed by atoms with Gasteiger partial charge in [-0.3, -0.25) is 0 Å². The molecule has 1 heterocycles. The molecule has 3 rings (SSSR count). The average molecular weight is 318 g/mol. The number of ether oxygens (including phenoxy) is 1. The van der Waals surface area contributed by atoms with Gasteiger partial charge in [0.05, 0.1) is 6.61 Å². The number of nitrogens with zero attached hydrogens (tertiary/aromatic N) is 2. The quantitative estimate of drug-likeness (QED) is 0.575. The first kappa shape index (κ1) is 15.4. The molecular weight excluding hydrogens is 296 g/mol. The molecule has 4 nitrogen and oxygen atoms in total. The molecule has 2 aromatic rings. The number of aryl methyl sites for hydroxylation is 1. The lowest BCUT2D eigenvalue weighted by Crippen LogP contribution is -2.04. The molecule has 0 atom stereocenters. The van der Waals surface area contributed by atoms with E-state index in [4.69, 9.17) is 9.15 Å². The Morgan fingerprint density at radius 1 is 1.23 bits per heavy atom. The summed E-state index contributed by atoms with van der Waals surface area (Å²) < 4.78 is 11.5. The van der Waals surface area contributed by atoms with Gasteiger partial charge < -0.3 is 9.15 Å². The van der Waals surface area contributed by atoms with Crippen LogP contribution in [0.5, 0.6) is 5.75 Å². The van der Waals surface area contributed by atoms with E-state index in [0.29, 0.717) is 17.7 Å². The van der Waals surface area contributed by atoms with Gasteiger partial charge in [0.15, 0.2) is 0 Å². The molecule has 0 spiro atoms. The minimum absolute atomic E-state index is 0.471. The van der Waals surface area contributed by atoms with E-state index in [2.05, 4.69) is 23.2 Å². The summed E-state index contributed by atoms with van der Waals surface area (Å²) in [7, 11) is 0. The highest BCUT2D eigenvalue weighted by Gasteiger charge is 2.21. The van der Waals surface area contributed by atoms with Crippen molar-refractivity contribution in [3.63, 3.8) is 0 Å². The van der Waals surface area contributed by atoms with Crippen molar-refractivity contribution < 1.29 is 9.15 Å². The van der Waals surface area contributed by atoms with Crippen LogP contribution in [0.1, 0.15) is 49.5 Å². The number of benzene rings is 1. The van der Waals surface area contributed by atoms with Crippen molar-refractivity contribution in [1.82, 2.24) is 10.2 Å². The van der Waals surface area contributed by atoms with E-state index in [0.717, 1.165) is 17.4 Å². The van der Waals surface area contributed by atoms with E-state index in [-0.39, 0.29) is 0 Å². The van der Waals surface area contributed by atoms with Crippen LogP contribution in [0.4, 0.5) is 0 Å². The second-order valence-corrected chi connectivity index (χ2v) is 6.80. The first-order valence-electron chi connectivity index (χ1n) is 7.97. The smallest absolute Gasteiger partial charge is 0.276 e. The van der Waals surface area contributed by atoms with Crippen molar-refractivity contribution >= 4 is 11.8 Å². The van der Waals surface area contributed by atoms with E-state index in [1.807, 2.05) is 18.2 Å². The second-order valence-electron chi connectivity index (χ2n) is 5.75. The van der Waals surface area contributed by atoms with Crippen LogP contribution < -0.4 is 4.74 Å². The Kier molecular flexibility index (Phi) is 5.38. The fourth-order valence-corrected chi connectivity index (χ4v) is 3.37. The molecule has 1 fully saturated rings. The molecule has 1 aliphatic rings. The molecule has 0 radical (unpaired) electrons. The summed E-state index contributed by atoms with van der Waals surface area (Å²) in [5, 5.41) is 9.01. The van der Waals surface area contributed by atoms with Crippen LogP contribution in [0.3, 0.4) is 0 Å². The third-order valence-corrected chi connectivity index (χ3v) is 4.73. The minimum atomic E-state index is 0.471. The van der Waals surface area contributed by atoms with Crippen LogP contribution in [0.2, 0.25) is 0 Å². The fourth-order valence-electron chi connectivity index (χ4n) is 2.79. The van der Waals surface area contributed by atoms with Crippen molar-refractivity contribution in [2.24, 2.45) is 0 Å². The predicted molar refractivity (Wildman–Crippen MR) is 87.5 cm³/mol. The Bertz CT molecular complexity index is 594. The number of aromatic nitrogens is 2. The highest BCUT2D eigenvalue weighted by Crippen LogP contribution is 2.32. The number of hydrogen-bond donors (Lipinski definition) is 0. The zero-order valence-corrected chi connectivity index (χ0v) is 13.8. The summed E-state index contributed by atoms with van der Waals surface area (Å²) >= 11 is 1.56. The minimum Gasteiger partial charge on any atom is -0.493 e. The molecule has 0 aliphatic heterocycles. The van der Waals surface area contributed by atoms with Gasteiger partial charge in [0, 0.05) is 11.7 Å². The summed E-state index contributed by atoms with van der Waals surface area (Å²) in [6.45, 7) is 2.70. The molecule has 118 valence electrons. The Labute approximate surface area is 135 Å². The van der Waals surface area contributed by atoms with Crippen molar-refractivity contribution in [1.29, 1.82) is 0 Å². The summed E-state index contributed by atoms with van der Waals surface area (Å²) in [6, 6.07) is 8.09. The topological polar surface area (TPSA) is 48.2 Å². The van der Waals surface area contributed by atoms with Gasteiger partial charge in [-0.25, -0.2) is 0 Å². The van der Waals surface area contributed by atoms with Crippen LogP contribution in [0.15, 0.2) is 33.9 Å². The van der Waals surface area contributed by atoms with Gasteiger partial charge in [-0.05, 0) is 37.5 Å². The maximum atomic E-state index is 5.78. The van der Waals surface area contributed by atoms with Gasteiger partial charge in [-0.1, -0.05) is 43.2 Å². The molecule has 0 bridgehead atoms. The third-order valence-electron chi connectivity index (χ3n) is 3.94. The Hall–Kier alpha value is -1.49. The lowest BCUT2D eigenvalue weighted by Gasteiger charge is -2.17. The van der Waals surface area contributed by atoms with Gasteiger partial charge in [0.25, 0.3) is 5.22 Å². The van der Waals surface area contributed by atoms with Gasteiger partial charge in [0.2, 0.25) is 5.89 Å². The standard InChI is InChI=1S/C17H22N2O2S/c1-13-6-5-9-15(12-13)20-10-11-22-17-19-18-16(21-17)14-7-3-2-4-8-14/h5-6,9,12,14H,2-4,7-8,10-11H2,1H3. The molecule has 22 heavy (non-hydrogen) atoms. The van der Waals surface area contributed by atoms with Crippen LogP contribution >= 0.6 is 11.8 Å². The van der Waals surface area contributed by atoms with E-state index in [1.165, 1.54) is 37.7 Å². The number of hydrogen-bond acceptors (Lipinski definition) is 5. The van der Waals surface area contributed by atoms with Gasteiger partial charge in [-0.15, -0.1) is 10.2 Å². The van der Waals surface area contributed by atoms with E-state index >= 15 is 0 Å². The number of thioether (sulfide) groups is 1. The van der Waals surface area contributed by atoms with Gasteiger partial charge >= 0.3 is 0 Å². The molecule has 0 saturated heterocycles. The monoisotopic (exact) mass is 318 g/mol. The molecular formula is C17H22N2O2S. The lowest BCUT2D eigenvalue weighted by atomic mass is 9.89. The SMILES string of the molecule is Cc1cccc(OCCSc2nnc(C3CCCCC3)o2)c1. The summed E-state index contributed by atoms with van der Waals surface area (Å²) in [5.41, 5.74) is 1.21. The Morgan fingerprint density at radius 2 is 2.09 bits per heavy atom. The maximum Gasteiger partial charge on any atom is 0.276 e. The molecule has 0 unspecified atom stereocenters. The Balaban J connectivity index is 1.43. The molecule has 1 aliphatic carbocycles. The first-order chi connectivity index (χ1) is 10.8. The summed E-state index contributed by atoms with van der Waals surface area (Å²) in [6.07, 6.45) is 6.26. The summed E-state index contributed by atoms with van der Waals surface area (Å²) in [4.78, 5) is 0. The maximum absolute atomic E-state index is 5.78. The highest BCUT2D eigenvalue weighted by molar-refractivity contribution is 7.99.